The van der Waals surface area contributed by atoms with E-state index in [1.807, 2.05) is 48.0 Å². The number of anilines is 1. The van der Waals surface area contributed by atoms with E-state index < -0.39 is 0 Å². The van der Waals surface area contributed by atoms with Gasteiger partial charge in [0.15, 0.2) is 5.13 Å². The van der Waals surface area contributed by atoms with Crippen molar-refractivity contribution < 1.29 is 4.79 Å². The van der Waals surface area contributed by atoms with Crippen molar-refractivity contribution in [2.45, 2.75) is 11.3 Å². The SMILES string of the molecule is CSc1ccc(CC(=O)Nc2nc(-c3ccc(Br)s3)cs2)cc1. The van der Waals surface area contributed by atoms with Crippen LogP contribution in [0.15, 0.2) is 50.5 Å². The summed E-state index contributed by atoms with van der Waals surface area (Å²) in [6, 6.07) is 12.1. The van der Waals surface area contributed by atoms with E-state index in [0.29, 0.717) is 11.6 Å². The summed E-state index contributed by atoms with van der Waals surface area (Å²) >= 11 is 8.21. The summed E-state index contributed by atoms with van der Waals surface area (Å²) in [7, 11) is 0. The molecule has 0 saturated heterocycles. The summed E-state index contributed by atoms with van der Waals surface area (Å²) in [6.45, 7) is 0. The van der Waals surface area contributed by atoms with Gasteiger partial charge in [-0.25, -0.2) is 4.98 Å². The Morgan fingerprint density at radius 2 is 2.04 bits per heavy atom. The van der Waals surface area contributed by atoms with Crippen LogP contribution in [0.25, 0.3) is 10.6 Å². The lowest BCUT2D eigenvalue weighted by molar-refractivity contribution is -0.115. The number of thiazole rings is 1. The van der Waals surface area contributed by atoms with Gasteiger partial charge in [0.1, 0.15) is 0 Å². The Balaban J connectivity index is 1.62. The fourth-order valence-corrected chi connectivity index (χ4v) is 4.54. The molecule has 0 aliphatic rings. The van der Waals surface area contributed by atoms with Crippen molar-refractivity contribution in [1.29, 1.82) is 0 Å². The summed E-state index contributed by atoms with van der Waals surface area (Å²) < 4.78 is 1.07. The van der Waals surface area contributed by atoms with Gasteiger partial charge in [-0.05, 0) is 52.0 Å². The van der Waals surface area contributed by atoms with Crippen LogP contribution in [0.2, 0.25) is 0 Å². The van der Waals surface area contributed by atoms with Crippen LogP contribution >= 0.6 is 50.4 Å². The molecule has 1 amide bonds. The molecular weight excluding hydrogens is 412 g/mol. The van der Waals surface area contributed by atoms with E-state index >= 15 is 0 Å². The standard InChI is InChI=1S/C16H13BrN2OS3/c1-21-11-4-2-10(3-5-11)8-15(20)19-16-18-12(9-22-16)13-6-7-14(17)23-13/h2-7,9H,8H2,1H3,(H,18,19,20). The van der Waals surface area contributed by atoms with Crippen LogP contribution in [0, 0.1) is 0 Å². The third-order valence-corrected chi connectivity index (χ3v) is 6.25. The van der Waals surface area contributed by atoms with E-state index in [2.05, 4.69) is 26.2 Å². The number of nitrogens with one attached hydrogen (secondary N) is 1. The zero-order valence-corrected chi connectivity index (χ0v) is 16.2. The fourth-order valence-electron chi connectivity index (χ4n) is 1.99. The normalized spacial score (nSPS) is 10.7. The van der Waals surface area contributed by atoms with Gasteiger partial charge in [0.2, 0.25) is 5.91 Å². The average Bonchev–Trinajstić information content (AvgIpc) is 3.17. The molecule has 1 N–H and O–H groups in total. The van der Waals surface area contributed by atoms with Crippen molar-refractivity contribution in [1.82, 2.24) is 4.98 Å². The zero-order valence-electron chi connectivity index (χ0n) is 12.2. The molecule has 7 heteroatoms. The van der Waals surface area contributed by atoms with Gasteiger partial charge in [0.05, 0.1) is 20.8 Å². The Labute approximate surface area is 155 Å². The molecule has 0 aliphatic carbocycles. The van der Waals surface area contributed by atoms with Crippen LogP contribution in [0.4, 0.5) is 5.13 Å². The third kappa shape index (κ3) is 4.44. The van der Waals surface area contributed by atoms with Crippen molar-refractivity contribution in [2.75, 3.05) is 11.6 Å². The van der Waals surface area contributed by atoms with Crippen molar-refractivity contribution in [2.24, 2.45) is 0 Å². The zero-order chi connectivity index (χ0) is 16.2. The topological polar surface area (TPSA) is 42.0 Å². The maximum absolute atomic E-state index is 12.1. The first-order chi connectivity index (χ1) is 11.1. The molecule has 0 bridgehead atoms. The summed E-state index contributed by atoms with van der Waals surface area (Å²) in [4.78, 5) is 18.9. The Hall–Kier alpha value is -1.15. The van der Waals surface area contributed by atoms with E-state index in [1.54, 1.807) is 23.1 Å². The summed E-state index contributed by atoms with van der Waals surface area (Å²) in [6.07, 6.45) is 2.39. The number of amides is 1. The molecule has 0 radical (unpaired) electrons. The number of carbonyl (C=O) groups is 1. The van der Waals surface area contributed by atoms with Crippen LogP contribution in [-0.2, 0) is 11.2 Å². The molecule has 3 aromatic rings. The first-order valence-electron chi connectivity index (χ1n) is 6.78. The number of thioether (sulfide) groups is 1. The predicted molar refractivity (Wildman–Crippen MR) is 104 cm³/mol. The molecule has 0 unspecified atom stereocenters. The first kappa shape index (κ1) is 16.7. The molecular formula is C16H13BrN2OS3. The van der Waals surface area contributed by atoms with Gasteiger partial charge in [-0.1, -0.05) is 12.1 Å². The largest absolute Gasteiger partial charge is 0.302 e. The van der Waals surface area contributed by atoms with Gasteiger partial charge in [-0.3, -0.25) is 4.79 Å². The predicted octanol–water partition coefficient (Wildman–Crippen LogP) is 5.54. The lowest BCUT2D eigenvalue weighted by atomic mass is 10.1. The second kappa shape index (κ2) is 7.61. The number of hydrogen-bond donors (Lipinski definition) is 1. The van der Waals surface area contributed by atoms with Crippen LogP contribution in [0.3, 0.4) is 0 Å². The number of nitrogens with zero attached hydrogens (tertiary/aromatic N) is 1. The summed E-state index contributed by atoms with van der Waals surface area (Å²) in [5, 5.41) is 5.47. The van der Waals surface area contributed by atoms with Crippen LogP contribution < -0.4 is 5.32 Å². The fraction of sp³-hybridized carbons (Fsp3) is 0.125. The van der Waals surface area contributed by atoms with E-state index in [0.717, 1.165) is 19.9 Å². The maximum atomic E-state index is 12.1. The number of carbonyl (C=O) groups excluding carboxylic acids is 1. The number of thiophene rings is 1. The van der Waals surface area contributed by atoms with Crippen LogP contribution in [-0.4, -0.2) is 17.1 Å². The summed E-state index contributed by atoms with van der Waals surface area (Å²) in [5.74, 6) is -0.0461. The van der Waals surface area contributed by atoms with Gasteiger partial charge in [-0.15, -0.1) is 34.4 Å². The molecule has 2 aromatic heterocycles. The van der Waals surface area contributed by atoms with Gasteiger partial charge in [-0.2, -0.15) is 0 Å². The third-order valence-electron chi connectivity index (χ3n) is 3.10. The molecule has 0 spiro atoms. The average molecular weight is 425 g/mol. The second-order valence-corrected chi connectivity index (χ2v) is 8.92. The molecule has 0 fully saturated rings. The smallest absolute Gasteiger partial charge is 0.230 e. The molecule has 23 heavy (non-hydrogen) atoms. The molecule has 3 nitrogen and oxygen atoms in total. The Kier molecular flexibility index (Phi) is 5.53. The highest BCUT2D eigenvalue weighted by Crippen LogP contribution is 2.33. The van der Waals surface area contributed by atoms with Crippen molar-refractivity contribution in [3.63, 3.8) is 0 Å². The minimum atomic E-state index is -0.0461. The molecule has 0 aliphatic heterocycles. The molecule has 118 valence electrons. The van der Waals surface area contributed by atoms with E-state index in [9.17, 15) is 4.79 Å². The monoisotopic (exact) mass is 424 g/mol. The Bertz CT molecular complexity index is 811. The minimum absolute atomic E-state index is 0.0461. The van der Waals surface area contributed by atoms with Crippen molar-refractivity contribution in [3.8, 4) is 10.6 Å². The number of rotatable bonds is 5. The molecule has 1 aromatic carbocycles. The minimum Gasteiger partial charge on any atom is -0.302 e. The summed E-state index contributed by atoms with van der Waals surface area (Å²) in [5.41, 5.74) is 1.89. The van der Waals surface area contributed by atoms with Crippen LogP contribution in [0.5, 0.6) is 0 Å². The van der Waals surface area contributed by atoms with Gasteiger partial charge in [0.25, 0.3) is 0 Å². The Morgan fingerprint density at radius 1 is 1.26 bits per heavy atom. The number of hydrogen-bond acceptors (Lipinski definition) is 5. The van der Waals surface area contributed by atoms with E-state index in [-0.39, 0.29) is 5.91 Å². The number of aromatic nitrogens is 1. The van der Waals surface area contributed by atoms with Crippen molar-refractivity contribution >= 4 is 61.4 Å². The molecule has 2 heterocycles. The van der Waals surface area contributed by atoms with E-state index in [1.165, 1.54) is 16.2 Å². The van der Waals surface area contributed by atoms with Gasteiger partial charge >= 0.3 is 0 Å². The molecule has 3 rings (SSSR count). The second-order valence-electron chi connectivity index (χ2n) is 4.71. The lowest BCUT2D eigenvalue weighted by Gasteiger charge is -2.03. The first-order valence-corrected chi connectivity index (χ1v) is 10.5. The lowest BCUT2D eigenvalue weighted by Crippen LogP contribution is -2.14. The molecule has 0 atom stereocenters. The highest BCUT2D eigenvalue weighted by atomic mass is 79.9. The maximum Gasteiger partial charge on any atom is 0.230 e. The van der Waals surface area contributed by atoms with E-state index in [4.69, 9.17) is 0 Å². The van der Waals surface area contributed by atoms with Crippen molar-refractivity contribution in [3.05, 3.63) is 51.1 Å². The highest BCUT2D eigenvalue weighted by molar-refractivity contribution is 9.11. The number of halogens is 1. The molecule has 0 saturated carbocycles. The van der Waals surface area contributed by atoms with Crippen LogP contribution in [0.1, 0.15) is 5.56 Å². The van der Waals surface area contributed by atoms with Gasteiger partial charge < -0.3 is 5.32 Å². The number of benzene rings is 1. The highest BCUT2D eigenvalue weighted by Gasteiger charge is 2.10. The Morgan fingerprint density at radius 3 is 2.70 bits per heavy atom. The van der Waals surface area contributed by atoms with Gasteiger partial charge in [0, 0.05) is 10.3 Å². The quantitative estimate of drug-likeness (QED) is 0.546.